The van der Waals surface area contributed by atoms with Gasteiger partial charge in [-0.2, -0.15) is 0 Å². The van der Waals surface area contributed by atoms with Crippen LogP contribution in [0.1, 0.15) is 71.1 Å². The minimum Gasteiger partial charge on any atom is -0.396 e. The predicted molar refractivity (Wildman–Crippen MR) is 67.4 cm³/mol. The van der Waals surface area contributed by atoms with Gasteiger partial charge in [-0.3, -0.25) is 0 Å². The lowest BCUT2D eigenvalue weighted by atomic mass is 9.87. The second-order valence-corrected chi connectivity index (χ2v) is 5.74. The van der Waals surface area contributed by atoms with Crippen LogP contribution in [0.2, 0.25) is 0 Å². The fourth-order valence-electron chi connectivity index (χ4n) is 2.68. The zero-order valence-electron chi connectivity index (χ0n) is 10.7. The number of hydrogen-bond acceptors (Lipinski definition) is 2. The first kappa shape index (κ1) is 14.0. The van der Waals surface area contributed by atoms with Gasteiger partial charge in [-0.25, -0.2) is 0 Å². The molecule has 2 heteroatoms. The van der Waals surface area contributed by atoms with Crippen molar-refractivity contribution in [2.75, 3.05) is 6.61 Å². The van der Waals surface area contributed by atoms with Crippen LogP contribution in [0.15, 0.2) is 0 Å². The molecule has 0 radical (unpaired) electrons. The Bertz CT molecular complexity index is 164. The maximum absolute atomic E-state index is 9.37. The number of rotatable bonds is 1. The van der Waals surface area contributed by atoms with E-state index in [-0.39, 0.29) is 5.60 Å². The summed E-state index contributed by atoms with van der Waals surface area (Å²) >= 11 is 0. The summed E-state index contributed by atoms with van der Waals surface area (Å²) in [7, 11) is 0. The van der Waals surface area contributed by atoms with Crippen molar-refractivity contribution in [1.82, 2.24) is 0 Å². The van der Waals surface area contributed by atoms with Crippen molar-refractivity contribution in [3.63, 3.8) is 0 Å². The van der Waals surface area contributed by atoms with Crippen molar-refractivity contribution in [3.05, 3.63) is 0 Å². The molecule has 2 rings (SSSR count). The highest BCUT2D eigenvalue weighted by Gasteiger charge is 2.22. The van der Waals surface area contributed by atoms with Crippen LogP contribution in [0, 0.1) is 5.92 Å². The quantitative estimate of drug-likeness (QED) is 0.723. The molecule has 0 aromatic heterocycles. The molecule has 2 aliphatic carbocycles. The normalized spacial score (nSPS) is 25.7. The van der Waals surface area contributed by atoms with Crippen LogP contribution in [0.5, 0.6) is 0 Å². The van der Waals surface area contributed by atoms with E-state index in [0.717, 1.165) is 12.8 Å². The molecule has 0 saturated heterocycles. The Labute approximate surface area is 100 Å². The summed E-state index contributed by atoms with van der Waals surface area (Å²) in [6.45, 7) is 2.35. The molecule has 96 valence electrons. The second kappa shape index (κ2) is 7.29. The average Bonchev–Trinajstić information content (AvgIpc) is 2.31. The third-order valence-electron chi connectivity index (χ3n) is 3.91. The maximum atomic E-state index is 9.37. The molecule has 2 N–H and O–H groups in total. The Hall–Kier alpha value is -0.0800. The molecule has 0 aliphatic heterocycles. The lowest BCUT2D eigenvalue weighted by Gasteiger charge is -2.27. The zero-order chi connectivity index (χ0) is 11.9. The van der Waals surface area contributed by atoms with Gasteiger partial charge in [0.25, 0.3) is 0 Å². The molecule has 0 amide bonds. The van der Waals surface area contributed by atoms with Gasteiger partial charge in [-0.15, -0.1) is 0 Å². The van der Waals surface area contributed by atoms with Gasteiger partial charge >= 0.3 is 0 Å². The third kappa shape index (κ3) is 5.86. The van der Waals surface area contributed by atoms with Gasteiger partial charge in [-0.1, -0.05) is 38.5 Å². The molecule has 0 spiro atoms. The van der Waals surface area contributed by atoms with E-state index in [1.165, 1.54) is 51.4 Å². The van der Waals surface area contributed by atoms with E-state index in [1.807, 2.05) is 6.92 Å². The lowest BCUT2D eigenvalue weighted by molar-refractivity contribution is 0.0225. The average molecular weight is 228 g/mol. The minimum absolute atomic E-state index is 0.321. The molecule has 2 fully saturated rings. The first-order chi connectivity index (χ1) is 7.64. The van der Waals surface area contributed by atoms with Gasteiger partial charge in [0.15, 0.2) is 0 Å². The highest BCUT2D eigenvalue weighted by Crippen LogP contribution is 2.26. The van der Waals surface area contributed by atoms with Crippen LogP contribution in [-0.4, -0.2) is 22.4 Å². The van der Waals surface area contributed by atoms with E-state index >= 15 is 0 Å². The van der Waals surface area contributed by atoms with E-state index in [1.54, 1.807) is 0 Å². The second-order valence-electron chi connectivity index (χ2n) is 5.74. The van der Waals surface area contributed by atoms with Crippen LogP contribution < -0.4 is 0 Å². The SMILES string of the molecule is CC1(O)CCCCC1.OCC1CCCCC1. The van der Waals surface area contributed by atoms with Crippen molar-refractivity contribution >= 4 is 0 Å². The zero-order valence-corrected chi connectivity index (χ0v) is 10.7. The summed E-state index contributed by atoms with van der Waals surface area (Å²) in [6.07, 6.45) is 12.3. The number of aliphatic hydroxyl groups excluding tert-OH is 1. The number of hydrogen-bond donors (Lipinski definition) is 2. The van der Waals surface area contributed by atoms with Gasteiger partial charge in [0.1, 0.15) is 0 Å². The predicted octanol–water partition coefficient (Wildman–Crippen LogP) is 3.26. The molecule has 0 aromatic rings. The van der Waals surface area contributed by atoms with Gasteiger partial charge in [0.05, 0.1) is 5.60 Å². The number of aliphatic hydroxyl groups is 2. The van der Waals surface area contributed by atoms with E-state index in [4.69, 9.17) is 5.11 Å². The van der Waals surface area contributed by atoms with Crippen molar-refractivity contribution in [3.8, 4) is 0 Å². The molecule has 0 heterocycles. The first-order valence-corrected chi connectivity index (χ1v) is 6.97. The first-order valence-electron chi connectivity index (χ1n) is 6.97. The molecule has 2 aliphatic rings. The maximum Gasteiger partial charge on any atom is 0.0619 e. The highest BCUT2D eigenvalue weighted by molar-refractivity contribution is 4.76. The standard InChI is InChI=1S/2C7H14O/c1-7(8)5-3-2-4-6-7;8-6-7-4-2-1-3-5-7/h8H,2-6H2,1H3;7-8H,1-6H2. The summed E-state index contributed by atoms with van der Waals surface area (Å²) in [5.41, 5.74) is -0.321. The molecular weight excluding hydrogens is 200 g/mol. The van der Waals surface area contributed by atoms with Gasteiger partial charge in [0, 0.05) is 6.61 Å². The van der Waals surface area contributed by atoms with Crippen LogP contribution in [0.25, 0.3) is 0 Å². The van der Waals surface area contributed by atoms with Crippen LogP contribution in [0.3, 0.4) is 0 Å². The Balaban J connectivity index is 0.000000160. The van der Waals surface area contributed by atoms with Crippen molar-refractivity contribution in [2.45, 2.75) is 76.7 Å². The van der Waals surface area contributed by atoms with Crippen LogP contribution in [0.4, 0.5) is 0 Å². The Morgan fingerprint density at radius 2 is 1.44 bits per heavy atom. The van der Waals surface area contributed by atoms with Crippen LogP contribution in [-0.2, 0) is 0 Å². The lowest BCUT2D eigenvalue weighted by Crippen LogP contribution is -2.26. The van der Waals surface area contributed by atoms with Crippen LogP contribution >= 0.6 is 0 Å². The van der Waals surface area contributed by atoms with Crippen molar-refractivity contribution in [1.29, 1.82) is 0 Å². The van der Waals surface area contributed by atoms with Gasteiger partial charge in [0.2, 0.25) is 0 Å². The largest absolute Gasteiger partial charge is 0.396 e. The molecular formula is C14H28O2. The Morgan fingerprint density at radius 3 is 1.75 bits per heavy atom. The van der Waals surface area contributed by atoms with Gasteiger partial charge < -0.3 is 10.2 Å². The van der Waals surface area contributed by atoms with E-state index in [9.17, 15) is 5.11 Å². The highest BCUT2D eigenvalue weighted by atomic mass is 16.3. The van der Waals surface area contributed by atoms with E-state index < -0.39 is 0 Å². The molecule has 0 aromatic carbocycles. The van der Waals surface area contributed by atoms with Gasteiger partial charge in [-0.05, 0) is 38.5 Å². The third-order valence-corrected chi connectivity index (χ3v) is 3.91. The van der Waals surface area contributed by atoms with Crippen molar-refractivity contribution < 1.29 is 10.2 Å². The fourth-order valence-corrected chi connectivity index (χ4v) is 2.68. The molecule has 16 heavy (non-hydrogen) atoms. The van der Waals surface area contributed by atoms with Crippen molar-refractivity contribution in [2.24, 2.45) is 5.92 Å². The molecule has 0 unspecified atom stereocenters. The minimum atomic E-state index is -0.321. The molecule has 2 saturated carbocycles. The Kier molecular flexibility index (Phi) is 6.37. The molecule has 0 atom stereocenters. The summed E-state index contributed by atoms with van der Waals surface area (Å²) in [5.74, 6) is 0.642. The summed E-state index contributed by atoms with van der Waals surface area (Å²) in [5, 5.41) is 18.1. The summed E-state index contributed by atoms with van der Waals surface area (Å²) in [6, 6.07) is 0. The summed E-state index contributed by atoms with van der Waals surface area (Å²) < 4.78 is 0. The van der Waals surface area contributed by atoms with E-state index in [0.29, 0.717) is 12.5 Å². The topological polar surface area (TPSA) is 40.5 Å². The smallest absolute Gasteiger partial charge is 0.0619 e. The monoisotopic (exact) mass is 228 g/mol. The Morgan fingerprint density at radius 1 is 0.938 bits per heavy atom. The van der Waals surface area contributed by atoms with E-state index in [2.05, 4.69) is 0 Å². The summed E-state index contributed by atoms with van der Waals surface area (Å²) in [4.78, 5) is 0. The molecule has 2 nitrogen and oxygen atoms in total. The fraction of sp³-hybridized carbons (Fsp3) is 1.00. The molecule has 0 bridgehead atoms.